The molecule has 0 aliphatic carbocycles. The Morgan fingerprint density at radius 2 is 2.12 bits per heavy atom. The van der Waals surface area contributed by atoms with Crippen molar-refractivity contribution < 1.29 is 9.53 Å². The van der Waals surface area contributed by atoms with Crippen molar-refractivity contribution in [3.63, 3.8) is 0 Å². The molecule has 0 bridgehead atoms. The van der Waals surface area contributed by atoms with E-state index in [-0.39, 0.29) is 23.5 Å². The number of nitrogen functional groups attached to an aromatic ring is 1. The standard InChI is InChI=1S/C17H21N5O2/c1-3-22-11-12(24-14-7-5-4-6-13(14)22)10-21(2)17(23)15-16(18)20-9-8-19-15/h4-9,12H,3,10-11H2,1-2H3,(H2,18,20). The molecule has 0 saturated carbocycles. The topological polar surface area (TPSA) is 84.6 Å². The smallest absolute Gasteiger partial charge is 0.276 e. The number of carbonyl (C=O) groups is 1. The van der Waals surface area contributed by atoms with E-state index in [9.17, 15) is 4.79 Å². The van der Waals surface area contributed by atoms with Gasteiger partial charge in [0.15, 0.2) is 11.5 Å². The Morgan fingerprint density at radius 3 is 2.88 bits per heavy atom. The highest BCUT2D eigenvalue weighted by molar-refractivity contribution is 5.96. The number of nitrogens with two attached hydrogens (primary N) is 1. The number of rotatable bonds is 4. The summed E-state index contributed by atoms with van der Waals surface area (Å²) < 4.78 is 6.05. The molecule has 0 radical (unpaired) electrons. The molecule has 1 unspecified atom stereocenters. The van der Waals surface area contributed by atoms with Crippen LogP contribution in [-0.2, 0) is 0 Å². The molecule has 2 N–H and O–H groups in total. The molecule has 1 amide bonds. The summed E-state index contributed by atoms with van der Waals surface area (Å²) in [6.07, 6.45) is 2.81. The van der Waals surface area contributed by atoms with Crippen molar-refractivity contribution in [1.82, 2.24) is 14.9 Å². The number of aromatic nitrogens is 2. The number of anilines is 2. The van der Waals surface area contributed by atoms with Gasteiger partial charge in [-0.25, -0.2) is 9.97 Å². The number of ether oxygens (including phenoxy) is 1. The first-order valence-electron chi connectivity index (χ1n) is 7.92. The lowest BCUT2D eigenvalue weighted by molar-refractivity contribution is 0.0704. The third-order valence-corrected chi connectivity index (χ3v) is 4.06. The van der Waals surface area contributed by atoms with E-state index in [0.717, 1.165) is 24.5 Å². The molecule has 7 heteroatoms. The van der Waals surface area contributed by atoms with Crippen molar-refractivity contribution >= 4 is 17.4 Å². The average Bonchev–Trinajstić information content (AvgIpc) is 2.60. The number of fused-ring (bicyclic) bond motifs is 1. The zero-order chi connectivity index (χ0) is 17.1. The van der Waals surface area contributed by atoms with Crippen LogP contribution in [0.2, 0.25) is 0 Å². The van der Waals surface area contributed by atoms with Crippen molar-refractivity contribution in [2.45, 2.75) is 13.0 Å². The van der Waals surface area contributed by atoms with Gasteiger partial charge in [0, 0.05) is 26.0 Å². The molecule has 2 heterocycles. The monoisotopic (exact) mass is 327 g/mol. The second-order valence-corrected chi connectivity index (χ2v) is 5.72. The molecule has 1 atom stereocenters. The number of amides is 1. The van der Waals surface area contributed by atoms with Gasteiger partial charge in [-0.15, -0.1) is 0 Å². The summed E-state index contributed by atoms with van der Waals surface area (Å²) in [5.74, 6) is 0.723. The molecule has 2 aromatic rings. The van der Waals surface area contributed by atoms with E-state index in [0.29, 0.717) is 6.54 Å². The Labute approximate surface area is 141 Å². The zero-order valence-corrected chi connectivity index (χ0v) is 13.8. The number of likely N-dealkylation sites (N-methyl/N-ethyl adjacent to an activating group) is 2. The van der Waals surface area contributed by atoms with Gasteiger partial charge < -0.3 is 20.3 Å². The van der Waals surface area contributed by atoms with Crippen LogP contribution in [0.1, 0.15) is 17.4 Å². The van der Waals surface area contributed by atoms with Gasteiger partial charge in [0.1, 0.15) is 11.9 Å². The molecule has 3 rings (SSSR count). The molecule has 1 aromatic heterocycles. The van der Waals surface area contributed by atoms with Crippen molar-refractivity contribution in [3.05, 3.63) is 42.4 Å². The van der Waals surface area contributed by atoms with Gasteiger partial charge in [0.05, 0.1) is 18.8 Å². The highest BCUT2D eigenvalue weighted by Crippen LogP contribution is 2.32. The summed E-state index contributed by atoms with van der Waals surface area (Å²) in [7, 11) is 1.72. The fourth-order valence-electron chi connectivity index (χ4n) is 2.86. The van der Waals surface area contributed by atoms with Crippen molar-refractivity contribution in [2.24, 2.45) is 0 Å². The molecule has 126 valence electrons. The van der Waals surface area contributed by atoms with Crippen LogP contribution in [0.4, 0.5) is 11.5 Å². The minimum Gasteiger partial charge on any atom is -0.485 e. The van der Waals surface area contributed by atoms with E-state index in [2.05, 4.69) is 21.8 Å². The van der Waals surface area contributed by atoms with Gasteiger partial charge >= 0.3 is 0 Å². The molecule has 1 aromatic carbocycles. The Hall–Kier alpha value is -2.83. The molecular weight excluding hydrogens is 306 g/mol. The highest BCUT2D eigenvalue weighted by atomic mass is 16.5. The summed E-state index contributed by atoms with van der Waals surface area (Å²) in [6.45, 7) is 4.15. The quantitative estimate of drug-likeness (QED) is 0.914. The predicted octanol–water partition coefficient (Wildman–Crippen LogP) is 1.42. The molecular formula is C17H21N5O2. The van der Waals surface area contributed by atoms with Crippen LogP contribution < -0.4 is 15.4 Å². The number of benzene rings is 1. The molecule has 1 aliphatic rings. The minimum atomic E-state index is -0.258. The molecule has 1 aliphatic heterocycles. The Kier molecular flexibility index (Phi) is 4.50. The lowest BCUT2D eigenvalue weighted by Crippen LogP contribution is -2.47. The number of para-hydroxylation sites is 2. The van der Waals surface area contributed by atoms with Crippen LogP contribution in [0, 0.1) is 0 Å². The lowest BCUT2D eigenvalue weighted by atomic mass is 10.1. The molecule has 0 fully saturated rings. The van der Waals surface area contributed by atoms with Crippen molar-refractivity contribution in [1.29, 1.82) is 0 Å². The van der Waals surface area contributed by atoms with E-state index in [4.69, 9.17) is 10.5 Å². The third-order valence-electron chi connectivity index (χ3n) is 4.06. The number of nitrogens with zero attached hydrogens (tertiary/aromatic N) is 4. The van der Waals surface area contributed by atoms with E-state index >= 15 is 0 Å². The van der Waals surface area contributed by atoms with Crippen molar-refractivity contribution in [2.75, 3.05) is 37.3 Å². The Morgan fingerprint density at radius 1 is 1.38 bits per heavy atom. The maximum atomic E-state index is 12.5. The normalized spacial score (nSPS) is 16.2. The first-order valence-corrected chi connectivity index (χ1v) is 7.92. The summed E-state index contributed by atoms with van der Waals surface area (Å²) in [4.78, 5) is 24.3. The van der Waals surface area contributed by atoms with Gasteiger partial charge in [-0.05, 0) is 19.1 Å². The first-order chi connectivity index (χ1) is 11.6. The largest absolute Gasteiger partial charge is 0.485 e. The van der Waals surface area contributed by atoms with Crippen LogP contribution in [0.3, 0.4) is 0 Å². The van der Waals surface area contributed by atoms with Gasteiger partial charge in [-0.2, -0.15) is 0 Å². The van der Waals surface area contributed by atoms with Crippen LogP contribution in [0.15, 0.2) is 36.7 Å². The van der Waals surface area contributed by atoms with E-state index < -0.39 is 0 Å². The van der Waals surface area contributed by atoms with Crippen LogP contribution >= 0.6 is 0 Å². The zero-order valence-electron chi connectivity index (χ0n) is 13.8. The lowest BCUT2D eigenvalue weighted by Gasteiger charge is -2.37. The summed E-state index contributed by atoms with van der Waals surface area (Å²) >= 11 is 0. The Balaban J connectivity index is 1.72. The van der Waals surface area contributed by atoms with E-state index in [1.165, 1.54) is 12.4 Å². The SMILES string of the molecule is CCN1CC(CN(C)C(=O)c2nccnc2N)Oc2ccccc21. The number of hydrogen-bond donors (Lipinski definition) is 1. The van der Waals surface area contributed by atoms with E-state index in [1.807, 2.05) is 24.3 Å². The van der Waals surface area contributed by atoms with Crippen LogP contribution in [0.5, 0.6) is 5.75 Å². The van der Waals surface area contributed by atoms with Gasteiger partial charge in [-0.3, -0.25) is 4.79 Å². The second-order valence-electron chi connectivity index (χ2n) is 5.72. The summed E-state index contributed by atoms with van der Waals surface area (Å²) in [5.41, 5.74) is 7.00. The summed E-state index contributed by atoms with van der Waals surface area (Å²) in [5, 5.41) is 0. The van der Waals surface area contributed by atoms with Gasteiger partial charge in [0.25, 0.3) is 5.91 Å². The highest BCUT2D eigenvalue weighted by Gasteiger charge is 2.27. The second kappa shape index (κ2) is 6.74. The summed E-state index contributed by atoms with van der Waals surface area (Å²) in [6, 6.07) is 7.94. The third kappa shape index (κ3) is 3.10. The fraction of sp³-hybridized carbons (Fsp3) is 0.353. The van der Waals surface area contributed by atoms with Gasteiger partial charge in [0.2, 0.25) is 0 Å². The number of hydrogen-bond acceptors (Lipinski definition) is 6. The minimum absolute atomic E-state index is 0.119. The molecule has 7 nitrogen and oxygen atoms in total. The molecule has 0 spiro atoms. The van der Waals surface area contributed by atoms with Gasteiger partial charge in [-0.1, -0.05) is 12.1 Å². The average molecular weight is 327 g/mol. The van der Waals surface area contributed by atoms with Crippen LogP contribution in [0.25, 0.3) is 0 Å². The maximum Gasteiger partial charge on any atom is 0.276 e. The maximum absolute atomic E-state index is 12.5. The van der Waals surface area contributed by atoms with Crippen LogP contribution in [-0.4, -0.2) is 53.6 Å². The van der Waals surface area contributed by atoms with E-state index in [1.54, 1.807) is 11.9 Å². The first kappa shape index (κ1) is 16.0. The molecule has 0 saturated heterocycles. The van der Waals surface area contributed by atoms with Crippen molar-refractivity contribution in [3.8, 4) is 5.75 Å². The predicted molar refractivity (Wildman–Crippen MR) is 92.1 cm³/mol. The number of carbonyl (C=O) groups excluding carboxylic acids is 1. The fourth-order valence-corrected chi connectivity index (χ4v) is 2.86. The Bertz CT molecular complexity index is 736. The molecule has 24 heavy (non-hydrogen) atoms.